The van der Waals surface area contributed by atoms with Crippen LogP contribution >= 0.6 is 0 Å². The predicted octanol–water partition coefficient (Wildman–Crippen LogP) is 2.72. The van der Waals surface area contributed by atoms with Crippen LogP contribution in [-0.4, -0.2) is 25.7 Å². The number of fused-ring (bicyclic) bond motifs is 1. The Morgan fingerprint density at radius 1 is 1.29 bits per heavy atom. The van der Waals surface area contributed by atoms with Crippen molar-refractivity contribution in [2.24, 2.45) is 5.16 Å². The highest BCUT2D eigenvalue weighted by molar-refractivity contribution is 5.88. The summed E-state index contributed by atoms with van der Waals surface area (Å²) in [6.07, 6.45) is 3.03. The summed E-state index contributed by atoms with van der Waals surface area (Å²) in [5.74, 6) is 0.546. The largest absolute Gasteiger partial charge is 0.411 e. The van der Waals surface area contributed by atoms with Crippen molar-refractivity contribution in [2.45, 2.75) is 0 Å². The van der Waals surface area contributed by atoms with Gasteiger partial charge in [0.05, 0.1) is 16.7 Å². The number of imidazole rings is 1. The number of nitrogens with zero attached hydrogens (tertiary/aromatic N) is 4. The van der Waals surface area contributed by atoms with Crippen molar-refractivity contribution in [3.63, 3.8) is 0 Å². The normalized spacial score (nSPS) is 11.2. The van der Waals surface area contributed by atoms with Crippen molar-refractivity contribution >= 4 is 17.4 Å². The van der Waals surface area contributed by atoms with Crippen LogP contribution < -0.4 is 0 Å². The van der Waals surface area contributed by atoms with Crippen molar-refractivity contribution in [3.05, 3.63) is 64.5 Å². The molecule has 0 radical (unpaired) electrons. The van der Waals surface area contributed by atoms with E-state index in [-0.39, 0.29) is 5.69 Å². The third-order valence-electron chi connectivity index (χ3n) is 3.07. The number of pyridine rings is 1. The molecule has 0 unspecified atom stereocenters. The molecule has 0 aliphatic heterocycles. The van der Waals surface area contributed by atoms with E-state index in [4.69, 9.17) is 5.21 Å². The second-order valence-corrected chi connectivity index (χ2v) is 4.33. The molecule has 3 rings (SSSR count). The van der Waals surface area contributed by atoms with Crippen LogP contribution in [-0.2, 0) is 0 Å². The van der Waals surface area contributed by atoms with Gasteiger partial charge in [-0.3, -0.25) is 14.5 Å². The summed E-state index contributed by atoms with van der Waals surface area (Å²) in [6, 6.07) is 11.7. The minimum absolute atomic E-state index is 0.00226. The maximum Gasteiger partial charge on any atom is 0.270 e. The summed E-state index contributed by atoms with van der Waals surface area (Å²) in [5, 5.41) is 22.6. The van der Waals surface area contributed by atoms with Gasteiger partial charge >= 0.3 is 0 Å². The second-order valence-electron chi connectivity index (χ2n) is 4.33. The van der Waals surface area contributed by atoms with Gasteiger partial charge in [-0.2, -0.15) is 0 Å². The van der Waals surface area contributed by atoms with E-state index in [0.717, 1.165) is 5.52 Å². The SMILES string of the molecule is O=[N+]([O-])c1cccc(-c2nc(/C=N\O)c3ccccn23)c1. The quantitative estimate of drug-likeness (QED) is 0.346. The molecule has 7 nitrogen and oxygen atoms in total. The molecule has 21 heavy (non-hydrogen) atoms. The topological polar surface area (TPSA) is 93.0 Å². The molecule has 0 aliphatic rings. The van der Waals surface area contributed by atoms with Crippen molar-refractivity contribution in [3.8, 4) is 11.4 Å². The van der Waals surface area contributed by atoms with Gasteiger partial charge in [0.1, 0.15) is 11.5 Å². The van der Waals surface area contributed by atoms with Gasteiger partial charge in [0, 0.05) is 23.9 Å². The average molecular weight is 282 g/mol. The molecule has 1 aromatic carbocycles. The number of hydrogen-bond acceptors (Lipinski definition) is 5. The maximum atomic E-state index is 10.9. The zero-order valence-corrected chi connectivity index (χ0v) is 10.7. The van der Waals surface area contributed by atoms with Crippen molar-refractivity contribution in [2.75, 3.05) is 0 Å². The van der Waals surface area contributed by atoms with Gasteiger partial charge in [-0.05, 0) is 12.1 Å². The van der Waals surface area contributed by atoms with Gasteiger partial charge in [-0.15, -0.1) is 0 Å². The molecule has 2 heterocycles. The molecule has 0 aliphatic carbocycles. The molecule has 0 fully saturated rings. The van der Waals surface area contributed by atoms with Crippen LogP contribution in [0.15, 0.2) is 53.8 Å². The summed E-state index contributed by atoms with van der Waals surface area (Å²) in [7, 11) is 0. The zero-order valence-electron chi connectivity index (χ0n) is 10.7. The van der Waals surface area contributed by atoms with Crippen LogP contribution in [0.5, 0.6) is 0 Å². The summed E-state index contributed by atoms with van der Waals surface area (Å²) in [5.41, 5.74) is 1.84. The Kier molecular flexibility index (Phi) is 3.07. The number of hydrogen-bond donors (Lipinski definition) is 1. The first-order valence-electron chi connectivity index (χ1n) is 6.10. The Bertz CT molecular complexity index is 854. The first-order chi connectivity index (χ1) is 10.2. The molecule has 0 bridgehead atoms. The van der Waals surface area contributed by atoms with Crippen LogP contribution in [0.2, 0.25) is 0 Å². The minimum Gasteiger partial charge on any atom is -0.411 e. The van der Waals surface area contributed by atoms with Gasteiger partial charge in [-0.25, -0.2) is 4.98 Å². The Labute approximate surface area is 118 Å². The third-order valence-corrected chi connectivity index (χ3v) is 3.07. The fourth-order valence-electron chi connectivity index (χ4n) is 2.17. The van der Waals surface area contributed by atoms with Gasteiger partial charge in [0.25, 0.3) is 5.69 Å². The van der Waals surface area contributed by atoms with E-state index in [1.54, 1.807) is 22.7 Å². The molecule has 0 saturated carbocycles. The second kappa shape index (κ2) is 5.04. The molecular formula is C14H10N4O3. The van der Waals surface area contributed by atoms with E-state index in [1.165, 1.54) is 18.3 Å². The number of non-ortho nitro benzene ring substituents is 1. The smallest absolute Gasteiger partial charge is 0.270 e. The van der Waals surface area contributed by atoms with Gasteiger partial charge in [0.2, 0.25) is 0 Å². The third kappa shape index (κ3) is 2.20. The Balaban J connectivity index is 2.25. The fourth-order valence-corrected chi connectivity index (χ4v) is 2.17. The molecule has 104 valence electrons. The minimum atomic E-state index is -0.449. The van der Waals surface area contributed by atoms with Crippen LogP contribution in [0.1, 0.15) is 5.69 Å². The van der Waals surface area contributed by atoms with Crippen LogP contribution in [0.4, 0.5) is 5.69 Å². The number of nitro groups is 1. The highest BCUT2D eigenvalue weighted by Crippen LogP contribution is 2.25. The first-order valence-corrected chi connectivity index (χ1v) is 6.10. The number of oxime groups is 1. The van der Waals surface area contributed by atoms with Crippen molar-refractivity contribution in [1.29, 1.82) is 0 Å². The van der Waals surface area contributed by atoms with E-state index in [1.807, 2.05) is 18.2 Å². The summed E-state index contributed by atoms with van der Waals surface area (Å²) >= 11 is 0. The van der Waals surface area contributed by atoms with Gasteiger partial charge < -0.3 is 5.21 Å². The van der Waals surface area contributed by atoms with Crippen LogP contribution in [0, 0.1) is 10.1 Å². The summed E-state index contributed by atoms with van der Waals surface area (Å²) in [6.45, 7) is 0. The molecule has 0 saturated heterocycles. The Hall–Kier alpha value is -3.22. The maximum absolute atomic E-state index is 10.9. The zero-order chi connectivity index (χ0) is 14.8. The van der Waals surface area contributed by atoms with Gasteiger partial charge in [-0.1, -0.05) is 23.4 Å². The lowest BCUT2D eigenvalue weighted by atomic mass is 10.2. The lowest BCUT2D eigenvalue weighted by molar-refractivity contribution is -0.384. The number of nitro benzene ring substituents is 1. The molecule has 2 aromatic heterocycles. The Morgan fingerprint density at radius 3 is 2.90 bits per heavy atom. The molecule has 3 aromatic rings. The van der Waals surface area contributed by atoms with E-state index in [9.17, 15) is 10.1 Å². The number of aromatic nitrogens is 2. The average Bonchev–Trinajstić information content (AvgIpc) is 2.87. The molecular weight excluding hydrogens is 272 g/mol. The van der Waals surface area contributed by atoms with E-state index in [0.29, 0.717) is 17.1 Å². The molecule has 0 spiro atoms. The van der Waals surface area contributed by atoms with Crippen molar-refractivity contribution < 1.29 is 10.1 Å². The van der Waals surface area contributed by atoms with Crippen LogP contribution in [0.25, 0.3) is 16.9 Å². The monoisotopic (exact) mass is 282 g/mol. The molecule has 1 N–H and O–H groups in total. The van der Waals surface area contributed by atoms with Gasteiger partial charge in [0.15, 0.2) is 0 Å². The van der Waals surface area contributed by atoms with E-state index in [2.05, 4.69) is 10.1 Å². The predicted molar refractivity (Wildman–Crippen MR) is 76.7 cm³/mol. The highest BCUT2D eigenvalue weighted by atomic mass is 16.6. The summed E-state index contributed by atoms with van der Waals surface area (Å²) in [4.78, 5) is 14.8. The number of benzene rings is 1. The Morgan fingerprint density at radius 2 is 2.14 bits per heavy atom. The fraction of sp³-hybridized carbons (Fsp3) is 0. The van der Waals surface area contributed by atoms with E-state index >= 15 is 0 Å². The lowest BCUT2D eigenvalue weighted by Gasteiger charge is -2.00. The summed E-state index contributed by atoms with van der Waals surface area (Å²) < 4.78 is 1.79. The molecule has 7 heteroatoms. The van der Waals surface area contributed by atoms with Crippen molar-refractivity contribution in [1.82, 2.24) is 9.38 Å². The van der Waals surface area contributed by atoms with E-state index < -0.39 is 4.92 Å². The lowest BCUT2D eigenvalue weighted by Crippen LogP contribution is -1.91. The molecule has 0 amide bonds. The first kappa shape index (κ1) is 12.8. The highest BCUT2D eigenvalue weighted by Gasteiger charge is 2.14. The number of rotatable bonds is 3. The standard InChI is InChI=1S/C14H10N4O3/c19-15-9-12-13-6-1-2-7-17(13)14(16-12)10-4-3-5-11(8-10)18(20)21/h1-9,19H/b15-9-. The molecule has 0 atom stereocenters. The van der Waals surface area contributed by atoms with Crippen LogP contribution in [0.3, 0.4) is 0 Å².